The molecule has 0 aliphatic heterocycles. The van der Waals surface area contributed by atoms with Crippen LogP contribution in [0.2, 0.25) is 0 Å². The minimum absolute atomic E-state index is 0.273. The van der Waals surface area contributed by atoms with Gasteiger partial charge in [0.15, 0.2) is 5.82 Å². The van der Waals surface area contributed by atoms with Crippen LogP contribution in [0.4, 0.5) is 0 Å². The van der Waals surface area contributed by atoms with Crippen LogP contribution >= 0.6 is 0 Å². The van der Waals surface area contributed by atoms with Gasteiger partial charge in [-0.3, -0.25) is 0 Å². The van der Waals surface area contributed by atoms with Gasteiger partial charge < -0.3 is 5.11 Å². The van der Waals surface area contributed by atoms with E-state index in [1.807, 2.05) is 4.68 Å². The van der Waals surface area contributed by atoms with Crippen LogP contribution in [0.5, 0.6) is 0 Å². The molecule has 0 aliphatic rings. The van der Waals surface area contributed by atoms with Crippen LogP contribution < -0.4 is 0 Å². The highest BCUT2D eigenvalue weighted by atomic mass is 16.4. The first-order valence-electron chi connectivity index (χ1n) is 5.44. The van der Waals surface area contributed by atoms with Crippen LogP contribution in [0, 0.1) is 0 Å². The molecule has 0 fully saturated rings. The number of carbonyl (C=O) groups is 1. The van der Waals surface area contributed by atoms with E-state index in [0.29, 0.717) is 0 Å². The number of aryl methyl sites for hydroxylation is 1. The largest absolute Gasteiger partial charge is 0.478 e. The Labute approximate surface area is 98.7 Å². The average Bonchev–Trinajstić information content (AvgIpc) is 2.78. The van der Waals surface area contributed by atoms with Crippen molar-refractivity contribution in [2.45, 2.75) is 19.9 Å². The molecule has 17 heavy (non-hydrogen) atoms. The molecule has 0 bridgehead atoms. The molecular formula is C12H13N3O2. The molecule has 0 saturated heterocycles. The Hall–Kier alpha value is -2.17. The summed E-state index contributed by atoms with van der Waals surface area (Å²) in [6.07, 6.45) is 2.49. The van der Waals surface area contributed by atoms with Gasteiger partial charge in [0.05, 0.1) is 5.56 Å². The standard InChI is InChI=1S/C12H13N3O2/c1-2-7-15-11(13-8-14-15)9-3-5-10(6-4-9)12(16)17/h3-6,8H,2,7H2,1H3,(H,16,17). The fraction of sp³-hybridized carbons (Fsp3) is 0.250. The summed E-state index contributed by atoms with van der Waals surface area (Å²) in [6.45, 7) is 2.87. The van der Waals surface area contributed by atoms with Crippen LogP contribution in [0.1, 0.15) is 23.7 Å². The van der Waals surface area contributed by atoms with Crippen LogP contribution in [0.15, 0.2) is 30.6 Å². The van der Waals surface area contributed by atoms with Gasteiger partial charge in [0, 0.05) is 12.1 Å². The quantitative estimate of drug-likeness (QED) is 0.874. The summed E-state index contributed by atoms with van der Waals surface area (Å²) in [5, 5.41) is 12.9. The Balaban J connectivity index is 2.33. The summed E-state index contributed by atoms with van der Waals surface area (Å²) in [4.78, 5) is 14.9. The minimum Gasteiger partial charge on any atom is -0.478 e. The molecule has 5 nitrogen and oxygen atoms in total. The zero-order valence-corrected chi connectivity index (χ0v) is 9.50. The van der Waals surface area contributed by atoms with Crippen LogP contribution in [-0.4, -0.2) is 25.8 Å². The van der Waals surface area contributed by atoms with E-state index >= 15 is 0 Å². The third-order valence-corrected chi connectivity index (χ3v) is 2.44. The second-order valence-electron chi connectivity index (χ2n) is 3.69. The Morgan fingerprint density at radius 1 is 1.35 bits per heavy atom. The van der Waals surface area contributed by atoms with Gasteiger partial charge in [-0.1, -0.05) is 19.1 Å². The Morgan fingerprint density at radius 2 is 2.06 bits per heavy atom. The number of nitrogens with zero attached hydrogens (tertiary/aromatic N) is 3. The summed E-state index contributed by atoms with van der Waals surface area (Å²) >= 11 is 0. The van der Waals surface area contributed by atoms with E-state index in [-0.39, 0.29) is 5.56 Å². The van der Waals surface area contributed by atoms with Gasteiger partial charge in [-0.25, -0.2) is 14.5 Å². The second-order valence-corrected chi connectivity index (χ2v) is 3.69. The topological polar surface area (TPSA) is 68.0 Å². The highest BCUT2D eigenvalue weighted by Crippen LogP contribution is 2.17. The van der Waals surface area contributed by atoms with Gasteiger partial charge in [-0.2, -0.15) is 5.10 Å². The summed E-state index contributed by atoms with van der Waals surface area (Å²) in [6, 6.07) is 6.64. The van der Waals surface area contributed by atoms with Crippen molar-refractivity contribution in [2.75, 3.05) is 0 Å². The molecule has 0 amide bonds. The maximum Gasteiger partial charge on any atom is 0.335 e. The van der Waals surface area contributed by atoms with Crippen LogP contribution in [0.25, 0.3) is 11.4 Å². The van der Waals surface area contributed by atoms with Gasteiger partial charge in [-0.15, -0.1) is 0 Å². The normalized spacial score (nSPS) is 10.4. The van der Waals surface area contributed by atoms with Crippen molar-refractivity contribution in [3.05, 3.63) is 36.2 Å². The average molecular weight is 231 g/mol. The zero-order valence-electron chi connectivity index (χ0n) is 9.50. The molecule has 88 valence electrons. The van der Waals surface area contributed by atoms with E-state index < -0.39 is 5.97 Å². The van der Waals surface area contributed by atoms with Crippen LogP contribution in [-0.2, 0) is 6.54 Å². The number of carboxylic acids is 1. The molecule has 0 atom stereocenters. The molecular weight excluding hydrogens is 218 g/mol. The molecule has 2 aromatic rings. The molecule has 0 unspecified atom stereocenters. The third kappa shape index (κ3) is 2.33. The predicted molar refractivity (Wildman–Crippen MR) is 62.7 cm³/mol. The van der Waals surface area contributed by atoms with E-state index in [0.717, 1.165) is 24.4 Å². The Bertz CT molecular complexity index is 517. The lowest BCUT2D eigenvalue weighted by molar-refractivity contribution is 0.0697. The number of benzene rings is 1. The number of aromatic carboxylic acids is 1. The molecule has 1 aromatic heterocycles. The van der Waals surface area contributed by atoms with Crippen molar-refractivity contribution in [2.24, 2.45) is 0 Å². The van der Waals surface area contributed by atoms with Crippen molar-refractivity contribution in [1.82, 2.24) is 14.8 Å². The SMILES string of the molecule is CCCn1ncnc1-c1ccc(C(=O)O)cc1. The van der Waals surface area contributed by atoms with Gasteiger partial charge in [0.2, 0.25) is 0 Å². The Kier molecular flexibility index (Phi) is 3.18. The number of hydrogen-bond acceptors (Lipinski definition) is 3. The fourth-order valence-electron chi connectivity index (χ4n) is 1.63. The lowest BCUT2D eigenvalue weighted by Gasteiger charge is -2.04. The van der Waals surface area contributed by atoms with E-state index in [1.165, 1.54) is 6.33 Å². The lowest BCUT2D eigenvalue weighted by Crippen LogP contribution is -2.02. The van der Waals surface area contributed by atoms with E-state index in [4.69, 9.17) is 5.11 Å². The first-order valence-corrected chi connectivity index (χ1v) is 5.44. The zero-order chi connectivity index (χ0) is 12.3. The summed E-state index contributed by atoms with van der Waals surface area (Å²) in [5.74, 6) is -0.157. The molecule has 0 spiro atoms. The maximum absolute atomic E-state index is 10.7. The Morgan fingerprint density at radius 3 is 2.65 bits per heavy atom. The highest BCUT2D eigenvalue weighted by molar-refractivity contribution is 5.88. The number of carboxylic acid groups (broad SMARTS) is 1. The van der Waals surface area contributed by atoms with Crippen molar-refractivity contribution in [3.63, 3.8) is 0 Å². The van der Waals surface area contributed by atoms with Crippen LogP contribution in [0.3, 0.4) is 0 Å². The third-order valence-electron chi connectivity index (χ3n) is 2.44. The molecule has 1 N–H and O–H groups in total. The molecule has 1 heterocycles. The van der Waals surface area contributed by atoms with Gasteiger partial charge >= 0.3 is 5.97 Å². The molecule has 2 rings (SSSR count). The summed E-state index contributed by atoms with van der Waals surface area (Å²) < 4.78 is 1.82. The number of aromatic nitrogens is 3. The molecule has 5 heteroatoms. The van der Waals surface area contributed by atoms with E-state index in [9.17, 15) is 4.79 Å². The second kappa shape index (κ2) is 4.78. The molecule has 0 aliphatic carbocycles. The van der Waals surface area contributed by atoms with Crippen molar-refractivity contribution in [3.8, 4) is 11.4 Å². The maximum atomic E-state index is 10.7. The lowest BCUT2D eigenvalue weighted by atomic mass is 10.1. The van der Waals surface area contributed by atoms with E-state index in [1.54, 1.807) is 24.3 Å². The monoisotopic (exact) mass is 231 g/mol. The van der Waals surface area contributed by atoms with Gasteiger partial charge in [0.25, 0.3) is 0 Å². The number of rotatable bonds is 4. The molecule has 0 radical (unpaired) electrons. The van der Waals surface area contributed by atoms with Crippen molar-refractivity contribution >= 4 is 5.97 Å². The molecule has 0 saturated carbocycles. The van der Waals surface area contributed by atoms with Crippen molar-refractivity contribution < 1.29 is 9.90 Å². The first kappa shape index (κ1) is 11.3. The minimum atomic E-state index is -0.924. The highest BCUT2D eigenvalue weighted by Gasteiger charge is 2.08. The van der Waals surface area contributed by atoms with Gasteiger partial charge in [-0.05, 0) is 18.6 Å². The fourth-order valence-corrected chi connectivity index (χ4v) is 1.63. The first-order chi connectivity index (χ1) is 8.22. The smallest absolute Gasteiger partial charge is 0.335 e. The summed E-state index contributed by atoms with van der Waals surface area (Å²) in [5.41, 5.74) is 1.15. The molecule has 1 aromatic carbocycles. The van der Waals surface area contributed by atoms with E-state index in [2.05, 4.69) is 17.0 Å². The van der Waals surface area contributed by atoms with Gasteiger partial charge in [0.1, 0.15) is 6.33 Å². The number of hydrogen-bond donors (Lipinski definition) is 1. The van der Waals surface area contributed by atoms with Crippen molar-refractivity contribution in [1.29, 1.82) is 0 Å². The summed E-state index contributed by atoms with van der Waals surface area (Å²) in [7, 11) is 0. The predicted octanol–water partition coefficient (Wildman–Crippen LogP) is 2.05.